The lowest BCUT2D eigenvalue weighted by Gasteiger charge is -2.13. The normalized spacial score (nSPS) is 15.1. The summed E-state index contributed by atoms with van der Waals surface area (Å²) in [7, 11) is 0. The summed E-state index contributed by atoms with van der Waals surface area (Å²) < 4.78 is 1.90. The van der Waals surface area contributed by atoms with Crippen LogP contribution in [0.4, 0.5) is 5.82 Å². The molecule has 1 atom stereocenters. The van der Waals surface area contributed by atoms with Gasteiger partial charge in [0.05, 0.1) is 11.7 Å². The first kappa shape index (κ1) is 17.2. The lowest BCUT2D eigenvalue weighted by atomic mass is 10.2. The van der Waals surface area contributed by atoms with Crippen molar-refractivity contribution in [1.82, 2.24) is 29.9 Å². The first-order chi connectivity index (χ1) is 13.7. The van der Waals surface area contributed by atoms with Crippen LogP contribution in [-0.4, -0.2) is 29.9 Å². The van der Waals surface area contributed by atoms with Gasteiger partial charge in [0.15, 0.2) is 17.0 Å². The third-order valence-electron chi connectivity index (χ3n) is 5.03. The molecule has 1 unspecified atom stereocenters. The van der Waals surface area contributed by atoms with Gasteiger partial charge in [-0.25, -0.2) is 19.6 Å². The van der Waals surface area contributed by atoms with E-state index in [1.54, 1.807) is 17.7 Å². The molecular formula is C20H21N7S. The number of aromatic nitrogens is 6. The second-order valence-corrected chi connectivity index (χ2v) is 8.34. The highest BCUT2D eigenvalue weighted by molar-refractivity contribution is 7.15. The molecule has 0 amide bonds. The van der Waals surface area contributed by atoms with Gasteiger partial charge in [-0.1, -0.05) is 35.5 Å². The van der Waals surface area contributed by atoms with Crippen LogP contribution in [0.25, 0.3) is 21.7 Å². The minimum atomic E-state index is 0.0571. The van der Waals surface area contributed by atoms with E-state index >= 15 is 0 Å². The summed E-state index contributed by atoms with van der Waals surface area (Å²) in [5.41, 5.74) is 3.69. The van der Waals surface area contributed by atoms with Crippen molar-refractivity contribution < 1.29 is 0 Å². The Balaban J connectivity index is 1.42. The topological polar surface area (TPSA) is 81.4 Å². The number of aryl methyl sites for hydroxylation is 1. The van der Waals surface area contributed by atoms with E-state index in [0.29, 0.717) is 11.7 Å². The van der Waals surface area contributed by atoms with Gasteiger partial charge in [-0.2, -0.15) is 0 Å². The highest BCUT2D eigenvalue weighted by atomic mass is 32.1. The van der Waals surface area contributed by atoms with E-state index in [0.717, 1.165) is 34.0 Å². The van der Waals surface area contributed by atoms with Gasteiger partial charge < -0.3 is 5.32 Å². The van der Waals surface area contributed by atoms with Gasteiger partial charge >= 0.3 is 0 Å². The van der Waals surface area contributed by atoms with Crippen LogP contribution in [-0.2, 0) is 6.54 Å². The largest absolute Gasteiger partial charge is 0.361 e. The number of nitrogens with zero attached hydrogens (tertiary/aromatic N) is 6. The van der Waals surface area contributed by atoms with Crippen molar-refractivity contribution in [3.8, 4) is 10.6 Å². The SMILES string of the molecule is Cc1nc(-c2ccccc2)sc1C(C)Nc1ncnc2c1nnn2CC1CC1. The molecule has 0 spiro atoms. The zero-order valence-electron chi connectivity index (χ0n) is 15.8. The van der Waals surface area contributed by atoms with Crippen LogP contribution < -0.4 is 5.32 Å². The summed E-state index contributed by atoms with van der Waals surface area (Å²) in [6.07, 6.45) is 4.12. The van der Waals surface area contributed by atoms with E-state index in [1.165, 1.54) is 17.7 Å². The van der Waals surface area contributed by atoms with Gasteiger partial charge in [0.2, 0.25) is 0 Å². The molecule has 0 radical (unpaired) electrons. The molecule has 4 aromatic rings. The molecule has 142 valence electrons. The maximum atomic E-state index is 4.76. The number of rotatable bonds is 6. The predicted molar refractivity (Wildman–Crippen MR) is 110 cm³/mol. The molecule has 1 N–H and O–H groups in total. The summed E-state index contributed by atoms with van der Waals surface area (Å²) in [6, 6.07) is 10.3. The molecule has 0 aliphatic heterocycles. The van der Waals surface area contributed by atoms with Crippen molar-refractivity contribution in [3.63, 3.8) is 0 Å². The Morgan fingerprint density at radius 3 is 2.82 bits per heavy atom. The van der Waals surface area contributed by atoms with E-state index in [1.807, 2.05) is 22.9 Å². The zero-order valence-corrected chi connectivity index (χ0v) is 16.6. The third kappa shape index (κ3) is 3.24. The second kappa shape index (κ2) is 6.94. The highest BCUT2D eigenvalue weighted by Gasteiger charge is 2.24. The molecular weight excluding hydrogens is 370 g/mol. The summed E-state index contributed by atoms with van der Waals surface area (Å²) in [4.78, 5) is 14.8. The maximum Gasteiger partial charge on any atom is 0.183 e. The van der Waals surface area contributed by atoms with Gasteiger partial charge in [-0.3, -0.25) is 0 Å². The maximum absolute atomic E-state index is 4.76. The predicted octanol–water partition coefficient (Wildman–Crippen LogP) is 4.24. The molecule has 8 heteroatoms. The fourth-order valence-corrected chi connectivity index (χ4v) is 4.42. The minimum absolute atomic E-state index is 0.0571. The van der Waals surface area contributed by atoms with Crippen molar-refractivity contribution in [1.29, 1.82) is 0 Å². The lowest BCUT2D eigenvalue weighted by Crippen LogP contribution is -2.09. The molecule has 1 aromatic carbocycles. The van der Waals surface area contributed by atoms with E-state index in [2.05, 4.69) is 51.6 Å². The lowest BCUT2D eigenvalue weighted by molar-refractivity contribution is 0.555. The number of hydrogen-bond acceptors (Lipinski definition) is 7. The molecule has 1 fully saturated rings. The highest BCUT2D eigenvalue weighted by Crippen LogP contribution is 2.34. The average molecular weight is 392 g/mol. The molecule has 28 heavy (non-hydrogen) atoms. The van der Waals surface area contributed by atoms with Gasteiger partial charge in [-0.05, 0) is 32.6 Å². The van der Waals surface area contributed by atoms with Crippen LogP contribution in [0, 0.1) is 12.8 Å². The molecule has 0 bridgehead atoms. The number of hydrogen-bond donors (Lipinski definition) is 1. The van der Waals surface area contributed by atoms with Crippen molar-refractivity contribution >= 4 is 28.3 Å². The molecule has 5 rings (SSSR count). The van der Waals surface area contributed by atoms with Crippen LogP contribution in [0.15, 0.2) is 36.7 Å². The average Bonchev–Trinajstić information content (AvgIpc) is 3.30. The van der Waals surface area contributed by atoms with Crippen LogP contribution in [0.1, 0.15) is 36.4 Å². The number of benzene rings is 1. The van der Waals surface area contributed by atoms with Crippen LogP contribution in [0.5, 0.6) is 0 Å². The molecule has 0 saturated heterocycles. The smallest absolute Gasteiger partial charge is 0.183 e. The van der Waals surface area contributed by atoms with Gasteiger partial charge in [0.1, 0.15) is 11.3 Å². The van der Waals surface area contributed by atoms with Crippen molar-refractivity contribution in [2.24, 2.45) is 5.92 Å². The van der Waals surface area contributed by atoms with E-state index in [9.17, 15) is 0 Å². The summed E-state index contributed by atoms with van der Waals surface area (Å²) in [5, 5.41) is 13.2. The quantitative estimate of drug-likeness (QED) is 0.529. The van der Waals surface area contributed by atoms with Crippen LogP contribution in [0.3, 0.4) is 0 Å². The molecule has 3 heterocycles. The van der Waals surface area contributed by atoms with E-state index in [4.69, 9.17) is 4.98 Å². The van der Waals surface area contributed by atoms with Gasteiger partial charge in [0, 0.05) is 17.0 Å². The van der Waals surface area contributed by atoms with Crippen molar-refractivity contribution in [3.05, 3.63) is 47.2 Å². The Bertz CT molecular complexity index is 1110. The molecule has 1 aliphatic carbocycles. The van der Waals surface area contributed by atoms with Gasteiger partial charge in [0.25, 0.3) is 0 Å². The Labute approximate surface area is 166 Å². The molecule has 1 saturated carbocycles. The first-order valence-corrected chi connectivity index (χ1v) is 10.3. The van der Waals surface area contributed by atoms with Crippen molar-refractivity contribution in [2.45, 2.75) is 39.3 Å². The number of anilines is 1. The molecule has 1 aliphatic rings. The Morgan fingerprint density at radius 2 is 2.04 bits per heavy atom. The number of nitrogens with one attached hydrogen (secondary N) is 1. The van der Waals surface area contributed by atoms with Crippen LogP contribution in [0.2, 0.25) is 0 Å². The Morgan fingerprint density at radius 1 is 1.21 bits per heavy atom. The summed E-state index contributed by atoms with van der Waals surface area (Å²) >= 11 is 1.71. The molecule has 3 aromatic heterocycles. The Kier molecular flexibility index (Phi) is 4.27. The standard InChI is InChI=1S/C20H21N7S/c1-12(17-13(2)24-20(28-17)15-6-4-3-5-7-15)23-18-16-19(22-11-21-18)27(26-25-16)10-14-8-9-14/h3-7,11-12,14H,8-10H2,1-2H3,(H,21,22,23). The number of thiazole rings is 1. The van der Waals surface area contributed by atoms with Crippen molar-refractivity contribution in [2.75, 3.05) is 5.32 Å². The number of fused-ring (bicyclic) bond motifs is 1. The second-order valence-electron chi connectivity index (χ2n) is 7.31. The Hall–Kier alpha value is -2.87. The fraction of sp³-hybridized carbons (Fsp3) is 0.350. The first-order valence-electron chi connectivity index (χ1n) is 9.52. The van der Waals surface area contributed by atoms with Crippen LogP contribution >= 0.6 is 11.3 Å². The minimum Gasteiger partial charge on any atom is -0.361 e. The summed E-state index contributed by atoms with van der Waals surface area (Å²) in [6.45, 7) is 5.06. The molecule has 7 nitrogen and oxygen atoms in total. The van der Waals surface area contributed by atoms with E-state index in [-0.39, 0.29) is 6.04 Å². The summed E-state index contributed by atoms with van der Waals surface area (Å²) in [5.74, 6) is 1.43. The monoisotopic (exact) mass is 391 g/mol. The fourth-order valence-electron chi connectivity index (χ4n) is 3.35. The zero-order chi connectivity index (χ0) is 19.1. The third-order valence-corrected chi connectivity index (χ3v) is 6.42. The van der Waals surface area contributed by atoms with E-state index < -0.39 is 0 Å². The van der Waals surface area contributed by atoms with Gasteiger partial charge in [-0.15, -0.1) is 16.4 Å².